The van der Waals surface area contributed by atoms with E-state index in [0.29, 0.717) is 35.6 Å². The highest BCUT2D eigenvalue weighted by molar-refractivity contribution is 7.18. The van der Waals surface area contributed by atoms with Crippen molar-refractivity contribution in [1.29, 1.82) is 0 Å². The number of methoxy groups -OCH3 is 1. The summed E-state index contributed by atoms with van der Waals surface area (Å²) >= 11 is 1.51. The number of hydrogen-bond donors (Lipinski definition) is 0. The van der Waals surface area contributed by atoms with Gasteiger partial charge in [0.25, 0.3) is 11.3 Å². The lowest BCUT2D eigenvalue weighted by atomic mass is 9.94. The lowest BCUT2D eigenvalue weighted by Crippen LogP contribution is -2.32. The lowest BCUT2D eigenvalue weighted by molar-refractivity contribution is -0.0379. The van der Waals surface area contributed by atoms with Crippen LogP contribution < -0.4 is 10.3 Å². The molecule has 3 aromatic heterocycles. The van der Waals surface area contributed by atoms with Crippen LogP contribution in [0.3, 0.4) is 0 Å². The van der Waals surface area contributed by atoms with E-state index in [9.17, 15) is 4.79 Å². The summed E-state index contributed by atoms with van der Waals surface area (Å²) < 4.78 is 14.5. The molecular formula is C18H17N5O3S. The Hall–Kier alpha value is -2.78. The number of rotatable bonds is 2. The number of hydrogen-bond acceptors (Lipinski definition) is 7. The minimum absolute atomic E-state index is 0.146. The monoisotopic (exact) mass is 383 g/mol. The Kier molecular flexibility index (Phi) is 3.40. The maximum Gasteiger partial charge on any atom is 0.268 e. The number of nitrogens with zero attached hydrogens (tertiary/aromatic N) is 5. The van der Waals surface area contributed by atoms with Crippen LogP contribution in [-0.2, 0) is 17.8 Å². The molecule has 9 heteroatoms. The molecule has 0 fully saturated rings. The van der Waals surface area contributed by atoms with E-state index in [0.717, 1.165) is 15.3 Å². The standard InChI is InChI=1S/C18H17N5O3S/c1-18(2)8-10-13(9-26-18)27-16-14(10)15(24)22(17-19-20-21-23(16)17)11-6-4-5-7-12(11)25-3/h4-7H,8-9H2,1-3H3. The third-order valence-corrected chi connectivity index (χ3v) is 6.04. The molecule has 0 saturated heterocycles. The Balaban J connectivity index is 1.93. The van der Waals surface area contributed by atoms with Gasteiger partial charge in [-0.25, -0.2) is 4.57 Å². The molecule has 8 nitrogen and oxygen atoms in total. The van der Waals surface area contributed by atoms with Gasteiger partial charge in [-0.2, -0.15) is 4.52 Å². The normalized spacial score (nSPS) is 16.0. The first-order valence-electron chi connectivity index (χ1n) is 8.55. The van der Waals surface area contributed by atoms with Gasteiger partial charge in [0.2, 0.25) is 0 Å². The summed E-state index contributed by atoms with van der Waals surface area (Å²) in [5.41, 5.74) is 1.17. The van der Waals surface area contributed by atoms with Gasteiger partial charge in [0.15, 0.2) is 0 Å². The molecule has 138 valence electrons. The maximum atomic E-state index is 13.6. The van der Waals surface area contributed by atoms with Crippen LogP contribution in [0.4, 0.5) is 0 Å². The van der Waals surface area contributed by atoms with Crippen LogP contribution >= 0.6 is 11.3 Å². The zero-order valence-electron chi connectivity index (χ0n) is 15.1. The molecule has 0 atom stereocenters. The molecule has 27 heavy (non-hydrogen) atoms. The number of ether oxygens (including phenoxy) is 2. The number of tetrazole rings is 1. The second-order valence-corrected chi connectivity index (χ2v) is 8.20. The van der Waals surface area contributed by atoms with Crippen LogP contribution in [-0.4, -0.2) is 37.3 Å². The summed E-state index contributed by atoms with van der Waals surface area (Å²) in [6.07, 6.45) is 0.664. The van der Waals surface area contributed by atoms with E-state index in [1.807, 2.05) is 38.1 Å². The van der Waals surface area contributed by atoms with E-state index in [1.165, 1.54) is 15.9 Å². The molecule has 0 amide bonds. The summed E-state index contributed by atoms with van der Waals surface area (Å²) in [5.74, 6) is 0.937. The van der Waals surface area contributed by atoms with Crippen LogP contribution in [0.2, 0.25) is 0 Å². The molecule has 0 aliphatic carbocycles. The molecule has 0 bridgehead atoms. The van der Waals surface area contributed by atoms with Crippen molar-refractivity contribution in [3.63, 3.8) is 0 Å². The van der Waals surface area contributed by atoms with Gasteiger partial charge in [0.1, 0.15) is 10.6 Å². The number of aromatic nitrogens is 5. The number of benzene rings is 1. The van der Waals surface area contributed by atoms with Crippen molar-refractivity contribution in [2.24, 2.45) is 0 Å². The molecule has 0 saturated carbocycles. The van der Waals surface area contributed by atoms with Crippen molar-refractivity contribution in [2.75, 3.05) is 7.11 Å². The second-order valence-electron chi connectivity index (χ2n) is 7.11. The van der Waals surface area contributed by atoms with Gasteiger partial charge in [-0.15, -0.1) is 11.3 Å². The molecule has 4 aromatic rings. The van der Waals surface area contributed by atoms with Gasteiger partial charge in [0.05, 0.1) is 30.4 Å². The number of fused-ring (bicyclic) bond motifs is 5. The van der Waals surface area contributed by atoms with Gasteiger partial charge in [-0.3, -0.25) is 4.79 Å². The zero-order chi connectivity index (χ0) is 18.8. The third kappa shape index (κ3) is 2.31. The fourth-order valence-corrected chi connectivity index (χ4v) is 4.76. The third-order valence-electron chi connectivity index (χ3n) is 4.86. The van der Waals surface area contributed by atoms with Crippen molar-refractivity contribution < 1.29 is 9.47 Å². The Morgan fingerprint density at radius 2 is 2.11 bits per heavy atom. The molecule has 0 spiro atoms. The van der Waals surface area contributed by atoms with Gasteiger partial charge < -0.3 is 9.47 Å². The summed E-state index contributed by atoms with van der Waals surface area (Å²) in [4.78, 5) is 15.4. The first kappa shape index (κ1) is 16.4. The first-order chi connectivity index (χ1) is 13.0. The summed E-state index contributed by atoms with van der Waals surface area (Å²) in [7, 11) is 1.58. The van der Waals surface area contributed by atoms with Gasteiger partial charge in [-0.05, 0) is 42.0 Å². The average molecular weight is 383 g/mol. The van der Waals surface area contributed by atoms with E-state index in [1.54, 1.807) is 11.6 Å². The van der Waals surface area contributed by atoms with Gasteiger partial charge >= 0.3 is 0 Å². The van der Waals surface area contributed by atoms with Crippen LogP contribution in [0, 0.1) is 0 Å². The predicted molar refractivity (Wildman–Crippen MR) is 101 cm³/mol. The van der Waals surface area contributed by atoms with Crippen LogP contribution in [0.15, 0.2) is 29.1 Å². The smallest absolute Gasteiger partial charge is 0.268 e. The van der Waals surface area contributed by atoms with Crippen molar-refractivity contribution in [2.45, 2.75) is 32.5 Å². The molecule has 0 radical (unpaired) electrons. The highest BCUT2D eigenvalue weighted by Crippen LogP contribution is 2.38. The molecule has 1 aromatic carbocycles. The highest BCUT2D eigenvalue weighted by Gasteiger charge is 2.32. The molecule has 0 N–H and O–H groups in total. The van der Waals surface area contributed by atoms with Gasteiger partial charge in [-0.1, -0.05) is 17.2 Å². The van der Waals surface area contributed by atoms with E-state index in [4.69, 9.17) is 9.47 Å². The largest absolute Gasteiger partial charge is 0.495 e. The first-order valence-corrected chi connectivity index (χ1v) is 9.36. The molecular weight excluding hydrogens is 366 g/mol. The Morgan fingerprint density at radius 3 is 2.93 bits per heavy atom. The quantitative estimate of drug-likeness (QED) is 0.528. The minimum Gasteiger partial charge on any atom is -0.495 e. The summed E-state index contributed by atoms with van der Waals surface area (Å²) in [6.45, 7) is 4.56. The Morgan fingerprint density at radius 1 is 1.30 bits per heavy atom. The van der Waals surface area contributed by atoms with Crippen molar-refractivity contribution in [1.82, 2.24) is 24.6 Å². The molecule has 4 heterocycles. The van der Waals surface area contributed by atoms with E-state index >= 15 is 0 Å². The summed E-state index contributed by atoms with van der Waals surface area (Å²) in [6, 6.07) is 7.35. The van der Waals surface area contributed by atoms with Crippen molar-refractivity contribution in [3.8, 4) is 11.4 Å². The van der Waals surface area contributed by atoms with E-state index < -0.39 is 0 Å². The van der Waals surface area contributed by atoms with Crippen molar-refractivity contribution >= 4 is 27.3 Å². The van der Waals surface area contributed by atoms with Crippen LogP contribution in [0.5, 0.6) is 5.75 Å². The molecule has 0 unspecified atom stereocenters. The Labute approximate surface area is 157 Å². The lowest BCUT2D eigenvalue weighted by Gasteiger charge is -2.29. The van der Waals surface area contributed by atoms with Gasteiger partial charge in [0, 0.05) is 11.3 Å². The molecule has 5 rings (SSSR count). The van der Waals surface area contributed by atoms with E-state index in [2.05, 4.69) is 15.5 Å². The number of thiophene rings is 1. The zero-order valence-corrected chi connectivity index (χ0v) is 15.9. The maximum absolute atomic E-state index is 13.6. The summed E-state index contributed by atoms with van der Waals surface area (Å²) in [5, 5.41) is 12.7. The SMILES string of the molecule is COc1ccccc1-n1c(=O)c2c3c(sc2n2nnnc12)COC(C)(C)C3. The Bertz CT molecular complexity index is 1250. The minimum atomic E-state index is -0.321. The molecule has 1 aliphatic heterocycles. The molecule has 1 aliphatic rings. The second kappa shape index (κ2) is 5.61. The highest BCUT2D eigenvalue weighted by atomic mass is 32.1. The van der Waals surface area contributed by atoms with E-state index in [-0.39, 0.29) is 11.2 Å². The topological polar surface area (TPSA) is 83.5 Å². The fraction of sp³-hybridized carbons (Fsp3) is 0.333. The fourth-order valence-electron chi connectivity index (χ4n) is 3.60. The van der Waals surface area contributed by atoms with Crippen molar-refractivity contribution in [3.05, 3.63) is 45.1 Å². The predicted octanol–water partition coefficient (Wildman–Crippen LogP) is 2.35. The number of para-hydroxylation sites is 2. The van der Waals surface area contributed by atoms with Crippen LogP contribution in [0.1, 0.15) is 24.3 Å². The van der Waals surface area contributed by atoms with Crippen LogP contribution in [0.25, 0.3) is 21.7 Å². The average Bonchev–Trinajstić information content (AvgIpc) is 3.26.